The van der Waals surface area contributed by atoms with Gasteiger partial charge in [0.2, 0.25) is 0 Å². The van der Waals surface area contributed by atoms with Crippen LogP contribution in [-0.2, 0) is 9.47 Å². The van der Waals surface area contributed by atoms with Crippen molar-refractivity contribution in [2.24, 2.45) is 0 Å². The molecule has 2 aliphatic heterocycles. The number of hydrogen-bond donors (Lipinski definition) is 1. The van der Waals surface area contributed by atoms with E-state index in [2.05, 4.69) is 10.3 Å². The number of ether oxygens (including phenoxy) is 2. The third-order valence-electron chi connectivity index (χ3n) is 4.29. The van der Waals surface area contributed by atoms with Crippen LogP contribution in [0.25, 0.3) is 0 Å². The number of nitrogens with zero attached hydrogens (tertiary/aromatic N) is 2. The van der Waals surface area contributed by atoms with E-state index in [9.17, 15) is 9.59 Å². The van der Waals surface area contributed by atoms with Gasteiger partial charge in [-0.15, -0.1) is 0 Å². The van der Waals surface area contributed by atoms with E-state index >= 15 is 0 Å². The lowest BCUT2D eigenvalue weighted by Gasteiger charge is -2.37. The second-order valence-corrected chi connectivity index (χ2v) is 6.46. The molecule has 7 nitrogen and oxygen atoms in total. The minimum atomic E-state index is -0.511. The number of likely N-dealkylation sites (tertiary alicyclic amines) is 1. The number of amides is 2. The number of pyridine rings is 1. The first-order chi connectivity index (χ1) is 11.5. The minimum Gasteiger partial charge on any atom is -0.350 e. The summed E-state index contributed by atoms with van der Waals surface area (Å²) >= 11 is 0. The van der Waals surface area contributed by atoms with Gasteiger partial charge in [-0.3, -0.25) is 14.6 Å². The van der Waals surface area contributed by atoms with Crippen LogP contribution >= 0.6 is 0 Å². The van der Waals surface area contributed by atoms with E-state index < -0.39 is 5.79 Å². The molecule has 0 aliphatic carbocycles. The van der Waals surface area contributed by atoms with Crippen LogP contribution in [-0.4, -0.2) is 59.8 Å². The molecule has 24 heavy (non-hydrogen) atoms. The van der Waals surface area contributed by atoms with Gasteiger partial charge in [-0.05, 0) is 26.0 Å². The Morgan fingerprint density at radius 1 is 1.25 bits per heavy atom. The van der Waals surface area contributed by atoms with Crippen LogP contribution in [0.4, 0.5) is 0 Å². The molecule has 2 saturated heterocycles. The summed E-state index contributed by atoms with van der Waals surface area (Å²) in [5.41, 5.74) is 0.730. The Hall–Kier alpha value is -1.99. The summed E-state index contributed by atoms with van der Waals surface area (Å²) in [6.45, 7) is 6.13. The number of piperidine rings is 1. The van der Waals surface area contributed by atoms with Crippen molar-refractivity contribution in [3.8, 4) is 0 Å². The maximum atomic E-state index is 12.7. The van der Waals surface area contributed by atoms with Gasteiger partial charge in [0.15, 0.2) is 5.79 Å². The average molecular weight is 333 g/mol. The molecule has 3 heterocycles. The van der Waals surface area contributed by atoms with Crippen molar-refractivity contribution in [3.63, 3.8) is 0 Å². The van der Waals surface area contributed by atoms with Gasteiger partial charge in [0.1, 0.15) is 5.69 Å². The predicted octanol–water partition coefficient (Wildman–Crippen LogP) is 1.20. The standard InChI is InChI=1S/C17H23N3O4/c1-12(2)19-15(21)13-3-6-18-14(11-13)16(22)20-7-4-17(5-8-20)23-9-10-24-17/h3,6,11-12H,4-5,7-10H2,1-2H3,(H,19,21). The maximum absolute atomic E-state index is 12.7. The summed E-state index contributed by atoms with van der Waals surface area (Å²) in [5, 5.41) is 2.81. The lowest BCUT2D eigenvalue weighted by atomic mass is 10.0. The first kappa shape index (κ1) is 16.9. The van der Waals surface area contributed by atoms with E-state index in [1.54, 1.807) is 17.0 Å². The summed E-state index contributed by atoms with van der Waals surface area (Å²) in [5.74, 6) is -0.878. The van der Waals surface area contributed by atoms with Crippen molar-refractivity contribution in [3.05, 3.63) is 29.6 Å². The highest BCUT2D eigenvalue weighted by Crippen LogP contribution is 2.31. The third kappa shape index (κ3) is 3.57. The Balaban J connectivity index is 1.66. The molecule has 1 spiro atoms. The van der Waals surface area contributed by atoms with Crippen LogP contribution in [0.1, 0.15) is 47.5 Å². The van der Waals surface area contributed by atoms with Gasteiger partial charge >= 0.3 is 0 Å². The van der Waals surface area contributed by atoms with Gasteiger partial charge < -0.3 is 19.7 Å². The van der Waals surface area contributed by atoms with Crippen molar-refractivity contribution in [1.82, 2.24) is 15.2 Å². The molecule has 130 valence electrons. The molecular weight excluding hydrogens is 310 g/mol. The molecule has 3 rings (SSSR count). The number of carbonyl (C=O) groups excluding carboxylic acids is 2. The molecule has 1 N–H and O–H groups in total. The van der Waals surface area contributed by atoms with E-state index in [4.69, 9.17) is 9.47 Å². The fraction of sp³-hybridized carbons (Fsp3) is 0.588. The van der Waals surface area contributed by atoms with E-state index in [1.807, 2.05) is 13.8 Å². The summed E-state index contributed by atoms with van der Waals surface area (Å²) in [6, 6.07) is 3.20. The molecule has 0 radical (unpaired) electrons. The lowest BCUT2D eigenvalue weighted by Crippen LogP contribution is -2.47. The SMILES string of the molecule is CC(C)NC(=O)c1ccnc(C(=O)N2CCC3(CC2)OCCO3)c1. The summed E-state index contributed by atoms with van der Waals surface area (Å²) in [7, 11) is 0. The van der Waals surface area contributed by atoms with E-state index in [-0.39, 0.29) is 23.6 Å². The van der Waals surface area contributed by atoms with Crippen molar-refractivity contribution in [2.75, 3.05) is 26.3 Å². The van der Waals surface area contributed by atoms with E-state index in [0.29, 0.717) is 44.7 Å². The fourth-order valence-electron chi connectivity index (χ4n) is 3.03. The molecule has 1 aromatic rings. The Morgan fingerprint density at radius 3 is 2.54 bits per heavy atom. The van der Waals surface area contributed by atoms with Crippen LogP contribution < -0.4 is 5.32 Å². The normalized spacial score (nSPS) is 19.7. The predicted molar refractivity (Wildman–Crippen MR) is 86.6 cm³/mol. The van der Waals surface area contributed by atoms with Crippen molar-refractivity contribution < 1.29 is 19.1 Å². The van der Waals surface area contributed by atoms with Gasteiger partial charge in [0, 0.05) is 43.7 Å². The summed E-state index contributed by atoms with van der Waals surface area (Å²) < 4.78 is 11.3. The van der Waals surface area contributed by atoms with Crippen LogP contribution in [0.2, 0.25) is 0 Å². The van der Waals surface area contributed by atoms with E-state index in [0.717, 1.165) is 0 Å². The summed E-state index contributed by atoms with van der Waals surface area (Å²) in [6.07, 6.45) is 2.82. The Bertz CT molecular complexity index is 616. The highest BCUT2D eigenvalue weighted by molar-refractivity contribution is 5.98. The van der Waals surface area contributed by atoms with Crippen molar-refractivity contribution in [2.45, 2.75) is 38.5 Å². The summed E-state index contributed by atoms with van der Waals surface area (Å²) in [4.78, 5) is 30.6. The molecule has 0 atom stereocenters. The fourth-order valence-corrected chi connectivity index (χ4v) is 3.03. The molecule has 7 heteroatoms. The quantitative estimate of drug-likeness (QED) is 0.899. The largest absolute Gasteiger partial charge is 0.350 e. The molecule has 2 aliphatic rings. The lowest BCUT2D eigenvalue weighted by molar-refractivity contribution is -0.181. The van der Waals surface area contributed by atoms with Gasteiger partial charge in [-0.25, -0.2) is 0 Å². The Labute approximate surface area is 141 Å². The first-order valence-electron chi connectivity index (χ1n) is 8.33. The smallest absolute Gasteiger partial charge is 0.272 e. The topological polar surface area (TPSA) is 80.8 Å². The Morgan fingerprint density at radius 2 is 1.92 bits per heavy atom. The van der Waals surface area contributed by atoms with Gasteiger partial charge in [0.05, 0.1) is 13.2 Å². The van der Waals surface area contributed by atoms with Crippen LogP contribution in [0.15, 0.2) is 18.3 Å². The minimum absolute atomic E-state index is 0.0366. The molecular formula is C17H23N3O4. The molecule has 0 saturated carbocycles. The number of aromatic nitrogens is 1. The number of hydrogen-bond acceptors (Lipinski definition) is 5. The van der Waals surface area contributed by atoms with Crippen molar-refractivity contribution in [1.29, 1.82) is 0 Å². The molecule has 2 fully saturated rings. The second-order valence-electron chi connectivity index (χ2n) is 6.46. The zero-order chi connectivity index (χ0) is 17.2. The third-order valence-corrected chi connectivity index (χ3v) is 4.29. The van der Waals surface area contributed by atoms with Crippen molar-refractivity contribution >= 4 is 11.8 Å². The molecule has 2 amide bonds. The molecule has 1 aromatic heterocycles. The van der Waals surface area contributed by atoms with Gasteiger partial charge in [-0.2, -0.15) is 0 Å². The van der Waals surface area contributed by atoms with E-state index in [1.165, 1.54) is 6.20 Å². The number of rotatable bonds is 3. The zero-order valence-electron chi connectivity index (χ0n) is 14.1. The number of carbonyl (C=O) groups is 2. The molecule has 0 unspecified atom stereocenters. The van der Waals surface area contributed by atoms with Crippen LogP contribution in [0, 0.1) is 0 Å². The average Bonchev–Trinajstić information content (AvgIpc) is 3.02. The van der Waals surface area contributed by atoms with Crippen LogP contribution in [0.3, 0.4) is 0 Å². The highest BCUT2D eigenvalue weighted by Gasteiger charge is 2.41. The second kappa shape index (κ2) is 6.86. The monoisotopic (exact) mass is 333 g/mol. The first-order valence-corrected chi connectivity index (χ1v) is 8.33. The highest BCUT2D eigenvalue weighted by atomic mass is 16.7. The van der Waals surface area contributed by atoms with Crippen LogP contribution in [0.5, 0.6) is 0 Å². The van der Waals surface area contributed by atoms with Gasteiger partial charge in [-0.1, -0.05) is 0 Å². The van der Waals surface area contributed by atoms with Gasteiger partial charge in [0.25, 0.3) is 11.8 Å². The Kier molecular flexibility index (Phi) is 4.82. The molecule has 0 bridgehead atoms. The maximum Gasteiger partial charge on any atom is 0.272 e. The zero-order valence-corrected chi connectivity index (χ0v) is 14.1. The molecule has 0 aromatic carbocycles. The number of nitrogens with one attached hydrogen (secondary N) is 1.